The first kappa shape index (κ1) is 9.47. The van der Waals surface area contributed by atoms with Crippen LogP contribution in [0.4, 0.5) is 0 Å². The number of hydrogen-bond acceptors (Lipinski definition) is 3. The molecule has 1 aromatic rings. The molecule has 0 saturated heterocycles. The van der Waals surface area contributed by atoms with Gasteiger partial charge in [0.2, 0.25) is 0 Å². The van der Waals surface area contributed by atoms with Crippen molar-refractivity contribution in [3.05, 3.63) is 24.5 Å². The minimum absolute atomic E-state index is 0.0424. The SMILES string of the molecule is C=Cn1cc(CNCC(=O)O)cn1. The largest absolute Gasteiger partial charge is 0.480 e. The zero-order valence-corrected chi connectivity index (χ0v) is 7.10. The first-order chi connectivity index (χ1) is 6.22. The Hall–Kier alpha value is -1.62. The summed E-state index contributed by atoms with van der Waals surface area (Å²) in [6.45, 7) is 4.00. The summed E-state index contributed by atoms with van der Waals surface area (Å²) in [5.74, 6) is -0.865. The maximum Gasteiger partial charge on any atom is 0.317 e. The van der Waals surface area contributed by atoms with Gasteiger partial charge in [-0.1, -0.05) is 6.58 Å². The van der Waals surface area contributed by atoms with Gasteiger partial charge in [-0.15, -0.1) is 0 Å². The minimum atomic E-state index is -0.865. The lowest BCUT2D eigenvalue weighted by Crippen LogP contribution is -2.21. The Morgan fingerprint density at radius 2 is 2.62 bits per heavy atom. The molecule has 0 amide bonds. The molecule has 1 rings (SSSR count). The smallest absolute Gasteiger partial charge is 0.317 e. The van der Waals surface area contributed by atoms with Crippen molar-refractivity contribution in [2.75, 3.05) is 6.54 Å². The molecule has 5 heteroatoms. The van der Waals surface area contributed by atoms with Crippen LogP contribution in [0.2, 0.25) is 0 Å². The van der Waals surface area contributed by atoms with Gasteiger partial charge in [-0.05, 0) is 0 Å². The summed E-state index contributed by atoms with van der Waals surface area (Å²) in [6.07, 6.45) is 5.01. The molecule has 0 fully saturated rings. The van der Waals surface area contributed by atoms with Gasteiger partial charge in [0.15, 0.2) is 0 Å². The van der Waals surface area contributed by atoms with Gasteiger partial charge in [-0.25, -0.2) is 4.68 Å². The van der Waals surface area contributed by atoms with E-state index >= 15 is 0 Å². The van der Waals surface area contributed by atoms with Crippen molar-refractivity contribution in [3.8, 4) is 0 Å². The zero-order valence-electron chi connectivity index (χ0n) is 7.10. The molecule has 0 spiro atoms. The van der Waals surface area contributed by atoms with E-state index in [4.69, 9.17) is 5.11 Å². The molecule has 2 N–H and O–H groups in total. The summed E-state index contributed by atoms with van der Waals surface area (Å²) in [5.41, 5.74) is 0.932. The molecular formula is C8H11N3O2. The Bertz CT molecular complexity index is 306. The lowest BCUT2D eigenvalue weighted by atomic mass is 10.3. The fourth-order valence-electron chi connectivity index (χ4n) is 0.882. The number of aliphatic carboxylic acids is 1. The van der Waals surface area contributed by atoms with Crippen LogP contribution in [0.3, 0.4) is 0 Å². The average Bonchev–Trinajstić information content (AvgIpc) is 2.52. The van der Waals surface area contributed by atoms with Crippen LogP contribution in [0.1, 0.15) is 5.56 Å². The second kappa shape index (κ2) is 4.42. The number of nitrogens with one attached hydrogen (secondary N) is 1. The van der Waals surface area contributed by atoms with Crippen LogP contribution in [0.25, 0.3) is 6.20 Å². The third kappa shape index (κ3) is 3.08. The quantitative estimate of drug-likeness (QED) is 0.679. The van der Waals surface area contributed by atoms with Gasteiger partial charge in [0.05, 0.1) is 12.7 Å². The first-order valence-corrected chi connectivity index (χ1v) is 3.80. The van der Waals surface area contributed by atoms with Gasteiger partial charge in [-0.2, -0.15) is 5.10 Å². The normalized spacial score (nSPS) is 9.85. The van der Waals surface area contributed by atoms with E-state index in [1.54, 1.807) is 23.3 Å². The van der Waals surface area contributed by atoms with Gasteiger partial charge >= 0.3 is 5.97 Å². The van der Waals surface area contributed by atoms with Crippen LogP contribution in [0.15, 0.2) is 19.0 Å². The van der Waals surface area contributed by atoms with Crippen LogP contribution < -0.4 is 5.32 Å². The first-order valence-electron chi connectivity index (χ1n) is 3.80. The van der Waals surface area contributed by atoms with E-state index in [-0.39, 0.29) is 6.54 Å². The highest BCUT2D eigenvalue weighted by Crippen LogP contribution is 1.96. The van der Waals surface area contributed by atoms with Gasteiger partial charge in [0, 0.05) is 24.5 Å². The van der Waals surface area contributed by atoms with E-state index in [2.05, 4.69) is 17.0 Å². The summed E-state index contributed by atoms with van der Waals surface area (Å²) in [4.78, 5) is 10.2. The van der Waals surface area contributed by atoms with Gasteiger partial charge < -0.3 is 10.4 Å². The van der Waals surface area contributed by atoms with E-state index in [9.17, 15) is 4.79 Å². The van der Waals surface area contributed by atoms with Crippen molar-refractivity contribution in [2.24, 2.45) is 0 Å². The maximum atomic E-state index is 10.2. The molecule has 1 heterocycles. The summed E-state index contributed by atoms with van der Waals surface area (Å²) < 4.78 is 1.57. The fraction of sp³-hybridized carbons (Fsp3) is 0.250. The maximum absolute atomic E-state index is 10.2. The number of hydrogen-bond donors (Lipinski definition) is 2. The van der Waals surface area contributed by atoms with Crippen LogP contribution in [-0.2, 0) is 11.3 Å². The zero-order chi connectivity index (χ0) is 9.68. The molecule has 0 atom stereocenters. The number of aromatic nitrogens is 2. The molecule has 0 radical (unpaired) electrons. The topological polar surface area (TPSA) is 67.2 Å². The van der Waals surface area contributed by atoms with E-state index < -0.39 is 5.97 Å². The Morgan fingerprint density at radius 1 is 1.85 bits per heavy atom. The number of carboxylic acid groups (broad SMARTS) is 1. The predicted molar refractivity (Wildman–Crippen MR) is 48.0 cm³/mol. The van der Waals surface area contributed by atoms with E-state index in [1.165, 1.54) is 0 Å². The molecule has 70 valence electrons. The van der Waals surface area contributed by atoms with Crippen molar-refractivity contribution in [1.29, 1.82) is 0 Å². The molecule has 0 aromatic carbocycles. The van der Waals surface area contributed by atoms with Crippen molar-refractivity contribution in [2.45, 2.75) is 6.54 Å². The lowest BCUT2D eigenvalue weighted by Gasteiger charge is -1.96. The Morgan fingerprint density at radius 3 is 3.15 bits per heavy atom. The third-order valence-corrected chi connectivity index (χ3v) is 1.45. The molecule has 0 bridgehead atoms. The molecule has 13 heavy (non-hydrogen) atoms. The highest BCUT2D eigenvalue weighted by atomic mass is 16.4. The summed E-state index contributed by atoms with van der Waals surface area (Å²) in [5, 5.41) is 15.0. The second-order valence-corrected chi connectivity index (χ2v) is 2.51. The third-order valence-electron chi connectivity index (χ3n) is 1.45. The Balaban J connectivity index is 2.36. The molecular weight excluding hydrogens is 170 g/mol. The van der Waals surface area contributed by atoms with E-state index in [1.807, 2.05) is 0 Å². The fourth-order valence-corrected chi connectivity index (χ4v) is 0.882. The van der Waals surface area contributed by atoms with Crippen molar-refractivity contribution >= 4 is 12.2 Å². The Kier molecular flexibility index (Phi) is 3.22. The summed E-state index contributed by atoms with van der Waals surface area (Å²) >= 11 is 0. The van der Waals surface area contributed by atoms with Crippen molar-refractivity contribution < 1.29 is 9.90 Å². The second-order valence-electron chi connectivity index (χ2n) is 2.51. The van der Waals surface area contributed by atoms with Crippen molar-refractivity contribution in [3.63, 3.8) is 0 Å². The van der Waals surface area contributed by atoms with Crippen molar-refractivity contribution in [1.82, 2.24) is 15.1 Å². The van der Waals surface area contributed by atoms with E-state index in [0.29, 0.717) is 6.54 Å². The van der Waals surface area contributed by atoms with E-state index in [0.717, 1.165) is 5.56 Å². The lowest BCUT2D eigenvalue weighted by molar-refractivity contribution is -0.135. The molecule has 0 aliphatic carbocycles. The number of rotatable bonds is 5. The molecule has 1 aromatic heterocycles. The molecule has 0 unspecified atom stereocenters. The van der Waals surface area contributed by atoms with Crippen LogP contribution in [0.5, 0.6) is 0 Å². The highest BCUT2D eigenvalue weighted by molar-refractivity contribution is 5.68. The average molecular weight is 181 g/mol. The minimum Gasteiger partial charge on any atom is -0.480 e. The van der Waals surface area contributed by atoms with Crippen LogP contribution in [0, 0.1) is 0 Å². The predicted octanol–water partition coefficient (Wildman–Crippen LogP) is 0.158. The van der Waals surface area contributed by atoms with Gasteiger partial charge in [0.1, 0.15) is 0 Å². The van der Waals surface area contributed by atoms with Gasteiger partial charge in [0.25, 0.3) is 0 Å². The monoisotopic (exact) mass is 181 g/mol. The number of nitrogens with zero attached hydrogens (tertiary/aromatic N) is 2. The highest BCUT2D eigenvalue weighted by Gasteiger charge is 1.98. The molecule has 0 saturated carbocycles. The summed E-state index contributed by atoms with van der Waals surface area (Å²) in [6, 6.07) is 0. The van der Waals surface area contributed by atoms with Crippen LogP contribution in [-0.4, -0.2) is 27.4 Å². The molecule has 0 aliphatic rings. The molecule has 0 aliphatic heterocycles. The van der Waals surface area contributed by atoms with Gasteiger partial charge in [-0.3, -0.25) is 4.79 Å². The van der Waals surface area contributed by atoms with Crippen LogP contribution >= 0.6 is 0 Å². The number of carbonyl (C=O) groups is 1. The Labute approximate surface area is 75.7 Å². The number of carboxylic acids is 1. The standard InChI is InChI=1S/C8H11N3O2/c1-2-11-6-7(4-10-11)3-9-5-8(12)13/h2,4,6,9H,1,3,5H2,(H,12,13). The molecule has 5 nitrogen and oxygen atoms in total. The summed E-state index contributed by atoms with van der Waals surface area (Å²) in [7, 11) is 0.